The summed E-state index contributed by atoms with van der Waals surface area (Å²) in [7, 11) is 0. The maximum Gasteiger partial charge on any atom is 0.326 e. The van der Waals surface area contributed by atoms with Crippen LogP contribution in [0.4, 0.5) is 9.59 Å². The minimum atomic E-state index is -1.09. The van der Waals surface area contributed by atoms with E-state index in [2.05, 4.69) is 10.6 Å². The summed E-state index contributed by atoms with van der Waals surface area (Å²) in [4.78, 5) is 49.1. The molecule has 104 valence electrons. The number of nitrogens with zero attached hydrogens (tertiary/aromatic N) is 2. The molecule has 0 atom stereocenters. The van der Waals surface area contributed by atoms with Crippen LogP contribution >= 0.6 is 0 Å². The van der Waals surface area contributed by atoms with E-state index >= 15 is 0 Å². The van der Waals surface area contributed by atoms with Crippen LogP contribution in [0.1, 0.15) is 27.7 Å². The van der Waals surface area contributed by atoms with Gasteiger partial charge in [-0.1, -0.05) is 0 Å². The molecular weight excluding hydrogens is 252 g/mol. The lowest BCUT2D eigenvalue weighted by atomic mass is 10.0. The summed E-state index contributed by atoms with van der Waals surface area (Å²) < 4.78 is 0. The van der Waals surface area contributed by atoms with E-state index in [0.717, 1.165) is 9.80 Å². The van der Waals surface area contributed by atoms with E-state index in [4.69, 9.17) is 0 Å². The van der Waals surface area contributed by atoms with Crippen molar-refractivity contribution in [3.63, 3.8) is 0 Å². The van der Waals surface area contributed by atoms with Crippen molar-refractivity contribution in [3.05, 3.63) is 0 Å². The first-order chi connectivity index (χ1) is 8.57. The average Bonchev–Trinajstić information content (AvgIpc) is 2.56. The highest BCUT2D eigenvalue weighted by molar-refractivity contribution is 6.09. The fourth-order valence-electron chi connectivity index (χ4n) is 2.02. The predicted octanol–water partition coefficient (Wildman–Crippen LogP) is -0.395. The van der Waals surface area contributed by atoms with E-state index in [1.165, 1.54) is 0 Å². The van der Waals surface area contributed by atoms with Crippen LogP contribution in [0, 0.1) is 0 Å². The van der Waals surface area contributed by atoms with Crippen molar-refractivity contribution in [2.75, 3.05) is 6.67 Å². The van der Waals surface area contributed by atoms with E-state index < -0.39 is 35.0 Å². The van der Waals surface area contributed by atoms with Crippen molar-refractivity contribution in [2.45, 2.75) is 38.8 Å². The van der Waals surface area contributed by atoms with Gasteiger partial charge in [0, 0.05) is 0 Å². The second-order valence-corrected chi connectivity index (χ2v) is 5.68. The molecule has 0 aromatic heterocycles. The van der Waals surface area contributed by atoms with Gasteiger partial charge in [-0.15, -0.1) is 0 Å². The molecule has 2 rings (SSSR count). The lowest BCUT2D eigenvalue weighted by Crippen LogP contribution is -2.51. The van der Waals surface area contributed by atoms with E-state index in [1.807, 2.05) is 0 Å². The fourth-order valence-corrected chi connectivity index (χ4v) is 2.02. The van der Waals surface area contributed by atoms with Crippen molar-refractivity contribution in [1.29, 1.82) is 0 Å². The fraction of sp³-hybridized carbons (Fsp3) is 0.636. The summed E-state index contributed by atoms with van der Waals surface area (Å²) in [5.41, 5.74) is -2.09. The number of carbonyl (C=O) groups excluding carboxylic acids is 4. The van der Waals surface area contributed by atoms with E-state index in [-0.39, 0.29) is 6.67 Å². The van der Waals surface area contributed by atoms with Crippen LogP contribution in [-0.4, -0.2) is 51.4 Å². The predicted molar refractivity (Wildman–Crippen MR) is 63.8 cm³/mol. The summed E-state index contributed by atoms with van der Waals surface area (Å²) in [6.45, 7) is 6.01. The highest BCUT2D eigenvalue weighted by Gasteiger charge is 2.50. The maximum absolute atomic E-state index is 12.0. The van der Waals surface area contributed by atoms with E-state index in [9.17, 15) is 19.2 Å². The van der Waals surface area contributed by atoms with Gasteiger partial charge < -0.3 is 5.32 Å². The molecule has 2 aliphatic heterocycles. The van der Waals surface area contributed by atoms with Crippen LogP contribution in [0.25, 0.3) is 0 Å². The molecule has 2 N–H and O–H groups in total. The summed E-state index contributed by atoms with van der Waals surface area (Å²) in [6, 6.07) is -1.18. The Bertz CT molecular complexity index is 497. The number of amides is 6. The molecule has 2 fully saturated rings. The summed E-state index contributed by atoms with van der Waals surface area (Å²) in [5, 5.41) is 4.67. The van der Waals surface area contributed by atoms with Gasteiger partial charge in [-0.2, -0.15) is 0 Å². The number of nitrogens with one attached hydrogen (secondary N) is 2. The number of hydrogen-bond donors (Lipinski definition) is 2. The summed E-state index contributed by atoms with van der Waals surface area (Å²) in [5.74, 6) is -0.885. The monoisotopic (exact) mass is 268 g/mol. The molecule has 0 unspecified atom stereocenters. The van der Waals surface area contributed by atoms with Gasteiger partial charge in [0.25, 0.3) is 11.8 Å². The normalized spacial score (nSPS) is 24.8. The Kier molecular flexibility index (Phi) is 2.58. The van der Waals surface area contributed by atoms with Crippen molar-refractivity contribution in [3.8, 4) is 0 Å². The topological polar surface area (TPSA) is 98.8 Å². The molecule has 8 nitrogen and oxygen atoms in total. The molecule has 0 spiro atoms. The molecule has 0 saturated carbocycles. The van der Waals surface area contributed by atoms with E-state index in [0.29, 0.717) is 0 Å². The third-order valence-electron chi connectivity index (χ3n) is 3.42. The Labute approximate surface area is 110 Å². The zero-order valence-electron chi connectivity index (χ0n) is 11.2. The Morgan fingerprint density at radius 1 is 1.00 bits per heavy atom. The van der Waals surface area contributed by atoms with Crippen molar-refractivity contribution in [1.82, 2.24) is 20.4 Å². The van der Waals surface area contributed by atoms with Gasteiger partial charge >= 0.3 is 12.1 Å². The zero-order chi connectivity index (χ0) is 14.6. The first kappa shape index (κ1) is 13.3. The molecule has 0 bridgehead atoms. The lowest BCUT2D eigenvalue weighted by molar-refractivity contribution is -0.133. The van der Waals surface area contributed by atoms with Gasteiger partial charge in [-0.3, -0.25) is 19.8 Å². The Morgan fingerprint density at radius 2 is 1.58 bits per heavy atom. The molecule has 2 heterocycles. The summed E-state index contributed by atoms with van der Waals surface area (Å²) in [6.07, 6.45) is 0. The number of rotatable bonds is 2. The highest BCUT2D eigenvalue weighted by Crippen LogP contribution is 2.24. The first-order valence-electron chi connectivity index (χ1n) is 5.84. The molecule has 19 heavy (non-hydrogen) atoms. The molecule has 0 aromatic carbocycles. The second kappa shape index (κ2) is 3.69. The van der Waals surface area contributed by atoms with Crippen LogP contribution in [0.3, 0.4) is 0 Å². The lowest BCUT2D eigenvalue weighted by Gasteiger charge is -2.30. The largest absolute Gasteiger partial charge is 0.326 e. The molecule has 0 aromatic rings. The van der Waals surface area contributed by atoms with Crippen LogP contribution in [0.5, 0.6) is 0 Å². The maximum atomic E-state index is 12.0. The van der Waals surface area contributed by atoms with E-state index in [1.54, 1.807) is 27.7 Å². The smallest absolute Gasteiger partial charge is 0.324 e. The molecule has 6 amide bonds. The molecule has 2 saturated heterocycles. The molecule has 0 aliphatic carbocycles. The Hall–Kier alpha value is -2.12. The minimum absolute atomic E-state index is 0.251. The van der Waals surface area contributed by atoms with Crippen LogP contribution < -0.4 is 10.6 Å². The molecule has 8 heteroatoms. The van der Waals surface area contributed by atoms with Gasteiger partial charge in [-0.05, 0) is 27.7 Å². The molecular formula is C11H16N4O4. The quantitative estimate of drug-likeness (QED) is 0.666. The molecule has 2 aliphatic rings. The van der Waals surface area contributed by atoms with Crippen molar-refractivity contribution < 1.29 is 19.2 Å². The Balaban J connectivity index is 2.23. The SMILES string of the molecule is CC1(C)NC(=O)N(CN2C(=O)NC(=O)C2(C)C)C1=O. The number of urea groups is 2. The molecule has 0 radical (unpaired) electrons. The van der Waals surface area contributed by atoms with Gasteiger partial charge in [0.1, 0.15) is 17.7 Å². The first-order valence-corrected chi connectivity index (χ1v) is 5.84. The minimum Gasteiger partial charge on any atom is -0.324 e. The third kappa shape index (κ3) is 1.83. The summed E-state index contributed by atoms with van der Waals surface area (Å²) >= 11 is 0. The van der Waals surface area contributed by atoms with Gasteiger partial charge in [0.15, 0.2) is 0 Å². The van der Waals surface area contributed by atoms with Crippen molar-refractivity contribution >= 4 is 23.9 Å². The third-order valence-corrected chi connectivity index (χ3v) is 3.42. The Morgan fingerprint density at radius 3 is 1.95 bits per heavy atom. The standard InChI is InChI=1S/C11H16N4O4/c1-10(2)7(17)14(9(19)13-10)5-15-8(18)12-6(16)11(15,3)4/h5H2,1-4H3,(H,13,19)(H,12,16,18). The second-order valence-electron chi connectivity index (χ2n) is 5.68. The van der Waals surface area contributed by atoms with Gasteiger partial charge in [0.2, 0.25) is 0 Å². The van der Waals surface area contributed by atoms with Crippen molar-refractivity contribution in [2.24, 2.45) is 0 Å². The van der Waals surface area contributed by atoms with Gasteiger partial charge in [-0.25, -0.2) is 14.5 Å². The highest BCUT2D eigenvalue weighted by atomic mass is 16.2. The van der Waals surface area contributed by atoms with Crippen LogP contribution in [-0.2, 0) is 9.59 Å². The number of hydrogen-bond acceptors (Lipinski definition) is 4. The number of imide groups is 2. The van der Waals surface area contributed by atoms with Gasteiger partial charge in [0.05, 0.1) is 0 Å². The number of carbonyl (C=O) groups is 4. The zero-order valence-corrected chi connectivity index (χ0v) is 11.2. The van der Waals surface area contributed by atoms with Crippen LogP contribution in [0.15, 0.2) is 0 Å². The van der Waals surface area contributed by atoms with Crippen LogP contribution in [0.2, 0.25) is 0 Å². The average molecular weight is 268 g/mol.